The molecule has 0 atom stereocenters. The van der Waals surface area contributed by atoms with Gasteiger partial charge in [0.15, 0.2) is 46.3 Å². The van der Waals surface area contributed by atoms with Crippen LogP contribution in [0.4, 0.5) is 0 Å². The van der Waals surface area contributed by atoms with E-state index in [4.69, 9.17) is 18.9 Å². The van der Waals surface area contributed by atoms with E-state index in [2.05, 4.69) is 35.3 Å². The van der Waals surface area contributed by atoms with Gasteiger partial charge in [0.05, 0.1) is 26.4 Å². The monoisotopic (exact) mass is 634 g/mol. The molecule has 0 fully saturated rings. The second-order valence-corrected chi connectivity index (χ2v) is 9.94. The minimum atomic E-state index is 0.569. The molecular formula is C35H38N8O4. The van der Waals surface area contributed by atoms with Crippen molar-refractivity contribution in [2.24, 2.45) is 7.05 Å². The maximum atomic E-state index is 5.69. The van der Waals surface area contributed by atoms with Crippen molar-refractivity contribution in [2.75, 3.05) is 26.4 Å². The van der Waals surface area contributed by atoms with E-state index in [0.717, 1.165) is 45.4 Å². The van der Waals surface area contributed by atoms with Crippen LogP contribution in [0.3, 0.4) is 0 Å². The maximum Gasteiger partial charge on any atom is 0.181 e. The van der Waals surface area contributed by atoms with Crippen LogP contribution in [0.5, 0.6) is 23.0 Å². The van der Waals surface area contributed by atoms with Gasteiger partial charge in [-0.2, -0.15) is 5.10 Å². The molecule has 0 saturated heterocycles. The van der Waals surface area contributed by atoms with Gasteiger partial charge in [-0.25, -0.2) is 4.98 Å². The van der Waals surface area contributed by atoms with E-state index in [1.165, 1.54) is 0 Å². The average Bonchev–Trinajstić information content (AvgIpc) is 3.75. The molecule has 12 heteroatoms. The van der Waals surface area contributed by atoms with Gasteiger partial charge in [-0.15, -0.1) is 10.2 Å². The molecule has 0 aliphatic heterocycles. The van der Waals surface area contributed by atoms with Crippen LogP contribution in [0.1, 0.15) is 27.7 Å². The second-order valence-electron chi connectivity index (χ2n) is 9.94. The lowest BCUT2D eigenvalue weighted by molar-refractivity contribution is 0.288. The summed E-state index contributed by atoms with van der Waals surface area (Å²) >= 11 is 0. The lowest BCUT2D eigenvalue weighted by Crippen LogP contribution is -2.00. The van der Waals surface area contributed by atoms with E-state index in [1.54, 1.807) is 24.8 Å². The third-order valence-electron chi connectivity index (χ3n) is 6.86. The molecule has 4 heterocycles. The van der Waals surface area contributed by atoms with Crippen LogP contribution in [0.25, 0.3) is 45.6 Å². The number of H-pyrrole nitrogens is 1. The fourth-order valence-electron chi connectivity index (χ4n) is 4.74. The molecule has 0 radical (unpaired) electrons. The maximum absolute atomic E-state index is 5.69. The lowest BCUT2D eigenvalue weighted by atomic mass is 10.2. The molecule has 242 valence electrons. The van der Waals surface area contributed by atoms with Gasteiger partial charge in [0.2, 0.25) is 0 Å². The minimum Gasteiger partial charge on any atom is -0.490 e. The zero-order valence-electron chi connectivity index (χ0n) is 27.2. The van der Waals surface area contributed by atoms with Gasteiger partial charge < -0.3 is 23.5 Å². The first-order valence-corrected chi connectivity index (χ1v) is 15.5. The van der Waals surface area contributed by atoms with Crippen molar-refractivity contribution < 1.29 is 18.9 Å². The molecule has 0 bridgehead atoms. The number of nitrogens with zero attached hydrogens (tertiary/aromatic N) is 7. The number of benzene rings is 2. The molecule has 0 amide bonds. The molecule has 1 N–H and O–H groups in total. The molecule has 2 aromatic carbocycles. The van der Waals surface area contributed by atoms with E-state index in [-0.39, 0.29) is 0 Å². The predicted octanol–water partition coefficient (Wildman–Crippen LogP) is 6.67. The molecule has 0 aliphatic rings. The Morgan fingerprint density at radius 3 is 1.57 bits per heavy atom. The summed E-state index contributed by atoms with van der Waals surface area (Å²) in [4.78, 5) is 12.6. The first kappa shape index (κ1) is 32.6. The normalized spacial score (nSPS) is 10.6. The van der Waals surface area contributed by atoms with Crippen molar-refractivity contribution in [3.05, 3.63) is 85.5 Å². The van der Waals surface area contributed by atoms with Gasteiger partial charge in [0, 0.05) is 54.1 Å². The standard InChI is InChI=1S/C18H20N4O2.C17H18N4O2/c1-4-23-15-7-6-14(12-16(15)24-5-2)18-21-20-17(22(18)3)13-8-10-19-11-9-13;1-3-22-14-6-5-13(11-15(14)23-4-2)17-19-16(20-21-17)12-7-9-18-10-8-12/h6-12H,4-5H2,1-3H3;5-11H,3-4H2,1-2H3,(H,19,20,21). The predicted molar refractivity (Wildman–Crippen MR) is 179 cm³/mol. The van der Waals surface area contributed by atoms with Crippen molar-refractivity contribution in [2.45, 2.75) is 27.7 Å². The Morgan fingerprint density at radius 2 is 1.02 bits per heavy atom. The molecular weight excluding hydrogens is 596 g/mol. The van der Waals surface area contributed by atoms with Crippen molar-refractivity contribution in [1.82, 2.24) is 39.9 Å². The van der Waals surface area contributed by atoms with Gasteiger partial charge in [0.1, 0.15) is 0 Å². The summed E-state index contributed by atoms with van der Waals surface area (Å²) in [5, 5.41) is 15.9. The summed E-state index contributed by atoms with van der Waals surface area (Å²) in [6, 6.07) is 19.1. The summed E-state index contributed by atoms with van der Waals surface area (Å²) in [6.07, 6.45) is 6.94. The van der Waals surface area contributed by atoms with Gasteiger partial charge >= 0.3 is 0 Å². The number of rotatable bonds is 12. The van der Waals surface area contributed by atoms with Crippen LogP contribution >= 0.6 is 0 Å². The summed E-state index contributed by atoms with van der Waals surface area (Å²) in [7, 11) is 1.95. The van der Waals surface area contributed by atoms with E-state index < -0.39 is 0 Å². The Balaban J connectivity index is 0.000000185. The fraction of sp³-hybridized carbons (Fsp3) is 0.257. The van der Waals surface area contributed by atoms with E-state index >= 15 is 0 Å². The lowest BCUT2D eigenvalue weighted by Gasteiger charge is -2.12. The summed E-state index contributed by atoms with van der Waals surface area (Å²) in [6.45, 7) is 10.1. The van der Waals surface area contributed by atoms with Crippen molar-refractivity contribution in [3.8, 4) is 68.5 Å². The first-order valence-electron chi connectivity index (χ1n) is 15.5. The van der Waals surface area contributed by atoms with Crippen LogP contribution in [-0.2, 0) is 7.05 Å². The molecule has 6 rings (SSSR count). The molecule has 12 nitrogen and oxygen atoms in total. The Hall–Kier alpha value is -5.78. The van der Waals surface area contributed by atoms with Gasteiger partial charge in [0.25, 0.3) is 0 Å². The zero-order chi connectivity index (χ0) is 33.0. The van der Waals surface area contributed by atoms with E-state index in [0.29, 0.717) is 49.6 Å². The highest BCUT2D eigenvalue weighted by Crippen LogP contribution is 2.34. The summed E-state index contributed by atoms with van der Waals surface area (Å²) in [5.41, 5.74) is 3.71. The molecule has 4 aromatic heterocycles. The highest BCUT2D eigenvalue weighted by Gasteiger charge is 2.15. The molecule has 0 unspecified atom stereocenters. The summed E-state index contributed by atoms with van der Waals surface area (Å²) in [5.74, 6) is 5.75. The Kier molecular flexibility index (Phi) is 11.1. The number of aromatic amines is 1. The average molecular weight is 635 g/mol. The number of hydrogen-bond acceptors (Lipinski definition) is 10. The van der Waals surface area contributed by atoms with E-state index in [9.17, 15) is 0 Å². The quantitative estimate of drug-likeness (QED) is 0.155. The SMILES string of the molecule is CCOc1ccc(-c2n[nH]c(-c3ccncc3)n2)cc1OCC.CCOc1ccc(-c2nnc(-c3ccncc3)n2C)cc1OCC. The molecule has 6 aromatic rings. The number of nitrogens with one attached hydrogen (secondary N) is 1. The smallest absolute Gasteiger partial charge is 0.181 e. The fourth-order valence-corrected chi connectivity index (χ4v) is 4.74. The largest absolute Gasteiger partial charge is 0.490 e. The number of pyridine rings is 2. The minimum absolute atomic E-state index is 0.569. The summed E-state index contributed by atoms with van der Waals surface area (Å²) < 4.78 is 24.5. The van der Waals surface area contributed by atoms with E-state index in [1.807, 2.05) is 100.0 Å². The highest BCUT2D eigenvalue weighted by molar-refractivity contribution is 5.66. The second kappa shape index (κ2) is 16.0. The topological polar surface area (TPSA) is 135 Å². The first-order chi connectivity index (χ1) is 23.1. The van der Waals surface area contributed by atoms with Crippen LogP contribution in [0, 0.1) is 0 Å². The van der Waals surface area contributed by atoms with Crippen LogP contribution in [-0.4, -0.2) is 66.3 Å². The Morgan fingerprint density at radius 1 is 0.553 bits per heavy atom. The van der Waals surface area contributed by atoms with Crippen LogP contribution in [0.15, 0.2) is 85.5 Å². The van der Waals surface area contributed by atoms with Gasteiger partial charge in [-0.05, 0) is 88.4 Å². The number of hydrogen-bond donors (Lipinski definition) is 1. The highest BCUT2D eigenvalue weighted by atomic mass is 16.5. The van der Waals surface area contributed by atoms with Crippen LogP contribution < -0.4 is 18.9 Å². The Bertz CT molecular complexity index is 1860. The molecule has 0 aliphatic carbocycles. The van der Waals surface area contributed by atoms with Gasteiger partial charge in [-0.1, -0.05) is 0 Å². The van der Waals surface area contributed by atoms with Gasteiger partial charge in [-0.3, -0.25) is 15.1 Å². The molecule has 0 spiro atoms. The van der Waals surface area contributed by atoms with Crippen molar-refractivity contribution in [1.29, 1.82) is 0 Å². The zero-order valence-corrected chi connectivity index (χ0v) is 27.2. The number of aromatic nitrogens is 8. The van der Waals surface area contributed by atoms with Crippen molar-refractivity contribution >= 4 is 0 Å². The van der Waals surface area contributed by atoms with Crippen molar-refractivity contribution in [3.63, 3.8) is 0 Å². The molecule has 0 saturated carbocycles. The number of ether oxygens (including phenoxy) is 4. The molecule has 47 heavy (non-hydrogen) atoms. The third-order valence-corrected chi connectivity index (χ3v) is 6.86. The third kappa shape index (κ3) is 7.90. The van der Waals surface area contributed by atoms with Crippen LogP contribution in [0.2, 0.25) is 0 Å². The Labute approximate surface area is 273 Å².